The van der Waals surface area contributed by atoms with Gasteiger partial charge in [-0.15, -0.1) is 0 Å². The van der Waals surface area contributed by atoms with Crippen molar-refractivity contribution < 1.29 is 9.84 Å². The molecule has 2 aliphatic rings. The molecule has 0 bridgehead atoms. The second-order valence-electron chi connectivity index (χ2n) is 8.08. The second kappa shape index (κ2) is 9.18. The lowest BCUT2D eigenvalue weighted by Gasteiger charge is -2.36. The van der Waals surface area contributed by atoms with E-state index in [4.69, 9.17) is 4.74 Å². The van der Waals surface area contributed by atoms with E-state index < -0.39 is 5.60 Å². The molecule has 2 heterocycles. The number of rotatable bonds is 7. The summed E-state index contributed by atoms with van der Waals surface area (Å²) in [5.41, 5.74) is 0.745. The summed E-state index contributed by atoms with van der Waals surface area (Å²) in [6, 6.07) is 8.45. The van der Waals surface area contributed by atoms with Crippen molar-refractivity contribution in [2.45, 2.75) is 38.8 Å². The molecule has 5 heteroatoms. The summed E-state index contributed by atoms with van der Waals surface area (Å²) >= 11 is 0. The smallest absolute Gasteiger partial charge is 0.119 e. The van der Waals surface area contributed by atoms with Gasteiger partial charge in [-0.05, 0) is 50.6 Å². The SMILES string of the molecule is CCN1CCN(CCOc2ccc(CN3CCC[C@@](C)(O)C3)cc2)CC1. The number of piperazine rings is 1. The Labute approximate surface area is 158 Å². The third-order valence-electron chi connectivity index (χ3n) is 5.67. The fraction of sp³-hybridized carbons (Fsp3) is 0.714. The van der Waals surface area contributed by atoms with Crippen molar-refractivity contribution in [3.8, 4) is 5.75 Å². The van der Waals surface area contributed by atoms with Gasteiger partial charge in [0.25, 0.3) is 0 Å². The Morgan fingerprint density at radius 3 is 2.35 bits per heavy atom. The van der Waals surface area contributed by atoms with E-state index in [1.54, 1.807) is 0 Å². The first-order chi connectivity index (χ1) is 12.5. The highest BCUT2D eigenvalue weighted by Gasteiger charge is 2.28. The van der Waals surface area contributed by atoms with E-state index in [9.17, 15) is 5.11 Å². The summed E-state index contributed by atoms with van der Waals surface area (Å²) in [7, 11) is 0. The highest BCUT2D eigenvalue weighted by molar-refractivity contribution is 5.27. The Kier molecular flexibility index (Phi) is 6.92. The van der Waals surface area contributed by atoms with Crippen LogP contribution in [0.3, 0.4) is 0 Å². The zero-order valence-electron chi connectivity index (χ0n) is 16.5. The molecular formula is C21H35N3O2. The number of hydrogen-bond acceptors (Lipinski definition) is 5. The van der Waals surface area contributed by atoms with Crippen LogP contribution in [0.1, 0.15) is 32.3 Å². The van der Waals surface area contributed by atoms with Crippen LogP contribution in [0.4, 0.5) is 0 Å². The Morgan fingerprint density at radius 2 is 1.69 bits per heavy atom. The third kappa shape index (κ3) is 5.95. The van der Waals surface area contributed by atoms with Crippen LogP contribution in [0, 0.1) is 0 Å². The zero-order valence-corrected chi connectivity index (χ0v) is 16.5. The van der Waals surface area contributed by atoms with Gasteiger partial charge >= 0.3 is 0 Å². The number of β-amino-alcohol motifs (C(OH)–C–C–N with tert-alkyl or cyclic N) is 1. The molecule has 2 saturated heterocycles. The van der Waals surface area contributed by atoms with Gasteiger partial charge in [0.2, 0.25) is 0 Å². The third-order valence-corrected chi connectivity index (χ3v) is 5.67. The molecule has 0 saturated carbocycles. The monoisotopic (exact) mass is 361 g/mol. The van der Waals surface area contributed by atoms with Crippen LogP contribution in [0.15, 0.2) is 24.3 Å². The maximum atomic E-state index is 10.2. The summed E-state index contributed by atoms with van der Waals surface area (Å²) in [4.78, 5) is 7.33. The highest BCUT2D eigenvalue weighted by Crippen LogP contribution is 2.22. The Balaban J connectivity index is 1.38. The van der Waals surface area contributed by atoms with Gasteiger partial charge in [-0.1, -0.05) is 19.1 Å². The molecule has 0 radical (unpaired) electrons. The maximum absolute atomic E-state index is 10.2. The number of benzene rings is 1. The van der Waals surface area contributed by atoms with E-state index in [0.717, 1.165) is 71.0 Å². The molecule has 146 valence electrons. The molecule has 0 spiro atoms. The average molecular weight is 362 g/mol. The van der Waals surface area contributed by atoms with Crippen LogP contribution < -0.4 is 4.74 Å². The minimum Gasteiger partial charge on any atom is -0.492 e. The molecule has 2 fully saturated rings. The number of nitrogens with zero attached hydrogens (tertiary/aromatic N) is 3. The lowest BCUT2D eigenvalue weighted by atomic mass is 9.95. The van der Waals surface area contributed by atoms with Crippen LogP contribution in [0.2, 0.25) is 0 Å². The van der Waals surface area contributed by atoms with E-state index >= 15 is 0 Å². The standard InChI is InChI=1S/C21H35N3O2/c1-3-22-11-13-23(14-12-22)15-16-26-20-7-5-19(6-8-20)17-24-10-4-9-21(2,25)18-24/h5-8,25H,3-4,9-18H2,1-2H3/t21-/m1/s1. The van der Waals surface area contributed by atoms with Gasteiger partial charge in [-0.3, -0.25) is 9.80 Å². The van der Waals surface area contributed by atoms with E-state index in [1.807, 2.05) is 6.92 Å². The minimum atomic E-state index is -0.538. The van der Waals surface area contributed by atoms with Gasteiger partial charge in [0.1, 0.15) is 12.4 Å². The number of hydrogen-bond donors (Lipinski definition) is 1. The van der Waals surface area contributed by atoms with Gasteiger partial charge in [-0.2, -0.15) is 0 Å². The van der Waals surface area contributed by atoms with Crippen molar-refractivity contribution in [3.63, 3.8) is 0 Å². The van der Waals surface area contributed by atoms with Gasteiger partial charge in [0.15, 0.2) is 0 Å². The van der Waals surface area contributed by atoms with Crippen molar-refractivity contribution in [2.75, 3.05) is 59.0 Å². The highest BCUT2D eigenvalue weighted by atomic mass is 16.5. The second-order valence-corrected chi connectivity index (χ2v) is 8.08. The molecule has 0 aromatic heterocycles. The minimum absolute atomic E-state index is 0.538. The lowest BCUT2D eigenvalue weighted by Crippen LogP contribution is -2.47. The molecule has 1 N–H and O–H groups in total. The molecule has 1 aromatic carbocycles. The fourth-order valence-electron chi connectivity index (χ4n) is 4.03. The van der Waals surface area contributed by atoms with Gasteiger partial charge in [0.05, 0.1) is 5.60 Å². The van der Waals surface area contributed by atoms with E-state index in [0.29, 0.717) is 0 Å². The van der Waals surface area contributed by atoms with Gasteiger partial charge in [0, 0.05) is 45.8 Å². The first kappa shape index (κ1) is 19.6. The lowest BCUT2D eigenvalue weighted by molar-refractivity contribution is -0.0181. The molecule has 0 aliphatic carbocycles. The maximum Gasteiger partial charge on any atom is 0.119 e. The first-order valence-corrected chi connectivity index (χ1v) is 10.2. The van der Waals surface area contributed by atoms with Crippen molar-refractivity contribution in [1.82, 2.24) is 14.7 Å². The molecule has 1 atom stereocenters. The summed E-state index contributed by atoms with van der Waals surface area (Å²) in [6.07, 6.45) is 1.98. The number of aliphatic hydroxyl groups is 1. The summed E-state index contributed by atoms with van der Waals surface area (Å²) < 4.78 is 5.93. The molecule has 1 aromatic rings. The number of likely N-dealkylation sites (tertiary alicyclic amines) is 1. The van der Waals surface area contributed by atoms with Crippen molar-refractivity contribution in [1.29, 1.82) is 0 Å². The molecule has 2 aliphatic heterocycles. The topological polar surface area (TPSA) is 39.2 Å². The normalized spacial score (nSPS) is 26.1. The number of ether oxygens (including phenoxy) is 1. The quantitative estimate of drug-likeness (QED) is 0.805. The number of likely N-dealkylation sites (N-methyl/N-ethyl adjacent to an activating group) is 1. The van der Waals surface area contributed by atoms with Crippen molar-refractivity contribution in [3.05, 3.63) is 29.8 Å². The summed E-state index contributed by atoms with van der Waals surface area (Å²) in [6.45, 7) is 14.5. The molecule has 0 amide bonds. The van der Waals surface area contributed by atoms with Crippen LogP contribution in [0.25, 0.3) is 0 Å². The predicted octanol–water partition coefficient (Wildman–Crippen LogP) is 2.05. The molecule has 0 unspecified atom stereocenters. The Hall–Kier alpha value is -1.14. The predicted molar refractivity (Wildman–Crippen MR) is 106 cm³/mol. The van der Waals surface area contributed by atoms with Crippen LogP contribution >= 0.6 is 0 Å². The largest absolute Gasteiger partial charge is 0.492 e. The van der Waals surface area contributed by atoms with E-state index in [2.05, 4.69) is 45.9 Å². The van der Waals surface area contributed by atoms with Gasteiger partial charge in [-0.25, -0.2) is 0 Å². The molecule has 26 heavy (non-hydrogen) atoms. The molecule has 5 nitrogen and oxygen atoms in total. The van der Waals surface area contributed by atoms with Crippen LogP contribution in [-0.2, 0) is 6.54 Å². The Morgan fingerprint density at radius 1 is 1.00 bits per heavy atom. The van der Waals surface area contributed by atoms with Crippen LogP contribution in [0.5, 0.6) is 5.75 Å². The first-order valence-electron chi connectivity index (χ1n) is 10.2. The van der Waals surface area contributed by atoms with E-state index in [1.165, 1.54) is 18.7 Å². The van der Waals surface area contributed by atoms with Crippen molar-refractivity contribution in [2.24, 2.45) is 0 Å². The summed E-state index contributed by atoms with van der Waals surface area (Å²) in [5.74, 6) is 0.951. The van der Waals surface area contributed by atoms with Crippen LogP contribution in [-0.4, -0.2) is 84.4 Å². The zero-order chi connectivity index (χ0) is 18.4. The molecule has 3 rings (SSSR count). The summed E-state index contributed by atoms with van der Waals surface area (Å²) in [5, 5.41) is 10.2. The fourth-order valence-corrected chi connectivity index (χ4v) is 4.03. The van der Waals surface area contributed by atoms with Crippen molar-refractivity contribution >= 4 is 0 Å². The Bertz CT molecular complexity index is 539. The number of piperidine rings is 1. The van der Waals surface area contributed by atoms with Gasteiger partial charge < -0.3 is 14.7 Å². The van der Waals surface area contributed by atoms with E-state index in [-0.39, 0.29) is 0 Å². The average Bonchev–Trinajstić information content (AvgIpc) is 2.63. The molecular weight excluding hydrogens is 326 g/mol.